The summed E-state index contributed by atoms with van der Waals surface area (Å²) in [7, 11) is 0. The quantitative estimate of drug-likeness (QED) is 0.589. The highest BCUT2D eigenvalue weighted by Crippen LogP contribution is 2.24. The summed E-state index contributed by atoms with van der Waals surface area (Å²) < 4.78 is 6.01. The van der Waals surface area contributed by atoms with E-state index in [2.05, 4.69) is 17.0 Å². The normalized spacial score (nSPS) is 19.9. The highest BCUT2D eigenvalue weighted by atomic mass is 32.1. The van der Waals surface area contributed by atoms with E-state index < -0.39 is 0 Å². The van der Waals surface area contributed by atoms with Crippen molar-refractivity contribution in [2.45, 2.75) is 38.3 Å². The molecule has 2 aliphatic heterocycles. The molecular formula is C24H31N3O3S. The summed E-state index contributed by atoms with van der Waals surface area (Å²) in [6.07, 6.45) is 5.11. The lowest BCUT2D eigenvalue weighted by Crippen LogP contribution is -2.45. The van der Waals surface area contributed by atoms with E-state index in [0.29, 0.717) is 6.61 Å². The second-order valence-electron chi connectivity index (χ2n) is 8.32. The number of nitrogens with zero attached hydrogens (tertiary/aromatic N) is 3. The van der Waals surface area contributed by atoms with Crippen LogP contribution < -0.4 is 4.74 Å². The molecule has 1 aromatic carbocycles. The molecule has 0 N–H and O–H groups in total. The summed E-state index contributed by atoms with van der Waals surface area (Å²) in [4.78, 5) is 30.7. The van der Waals surface area contributed by atoms with E-state index in [0.717, 1.165) is 75.6 Å². The summed E-state index contributed by atoms with van der Waals surface area (Å²) in [5, 5.41) is 1.96. The maximum atomic E-state index is 12.8. The molecule has 7 heteroatoms. The van der Waals surface area contributed by atoms with Gasteiger partial charge in [0.1, 0.15) is 5.75 Å². The van der Waals surface area contributed by atoms with Crippen molar-refractivity contribution >= 4 is 23.7 Å². The molecule has 2 fully saturated rings. The zero-order valence-corrected chi connectivity index (χ0v) is 18.8. The third kappa shape index (κ3) is 5.86. The van der Waals surface area contributed by atoms with Crippen LogP contribution in [0.15, 0.2) is 41.8 Å². The Bertz CT molecular complexity index is 832. The average molecular weight is 442 g/mol. The van der Waals surface area contributed by atoms with Gasteiger partial charge in [0.2, 0.25) is 6.41 Å². The third-order valence-electron chi connectivity index (χ3n) is 6.23. The topological polar surface area (TPSA) is 53.1 Å². The molecule has 0 saturated carbocycles. The maximum Gasteiger partial charge on any atom is 0.264 e. The van der Waals surface area contributed by atoms with Gasteiger partial charge >= 0.3 is 0 Å². The van der Waals surface area contributed by atoms with Crippen molar-refractivity contribution in [1.29, 1.82) is 0 Å². The van der Waals surface area contributed by atoms with Gasteiger partial charge in [0, 0.05) is 51.7 Å². The summed E-state index contributed by atoms with van der Waals surface area (Å²) >= 11 is 1.52. The summed E-state index contributed by atoms with van der Waals surface area (Å²) in [5.41, 5.74) is 1.26. The van der Waals surface area contributed by atoms with Crippen molar-refractivity contribution in [3.63, 3.8) is 0 Å². The van der Waals surface area contributed by atoms with Crippen LogP contribution in [0, 0.1) is 0 Å². The van der Waals surface area contributed by atoms with E-state index >= 15 is 0 Å². The van der Waals surface area contributed by atoms with Crippen molar-refractivity contribution in [3.8, 4) is 5.75 Å². The lowest BCUT2D eigenvalue weighted by molar-refractivity contribution is -0.119. The van der Waals surface area contributed by atoms with E-state index in [4.69, 9.17) is 4.74 Å². The molecule has 2 saturated heterocycles. The Balaban J connectivity index is 1.23. The zero-order valence-electron chi connectivity index (χ0n) is 17.9. The standard InChI is InChI=1S/C24H31N3O3S/c28-19-26-14-12-25(13-15-26)18-20-6-8-22(9-7-20)30-16-10-21-4-1-2-11-27(21)24(29)23-5-3-17-31-23/h3,5-9,17,19,21H,1-2,4,10-16,18H2. The minimum Gasteiger partial charge on any atom is -0.494 e. The van der Waals surface area contributed by atoms with Crippen LogP contribution >= 0.6 is 11.3 Å². The van der Waals surface area contributed by atoms with Gasteiger partial charge in [0.05, 0.1) is 11.5 Å². The molecule has 2 aliphatic rings. The SMILES string of the molecule is O=CN1CCN(Cc2ccc(OCCC3CCCCN3C(=O)c3cccs3)cc2)CC1. The van der Waals surface area contributed by atoms with E-state index in [9.17, 15) is 9.59 Å². The van der Waals surface area contributed by atoms with Gasteiger partial charge in [-0.05, 0) is 48.4 Å². The molecule has 0 spiro atoms. The van der Waals surface area contributed by atoms with Gasteiger partial charge in [-0.1, -0.05) is 18.2 Å². The fourth-order valence-corrected chi connectivity index (χ4v) is 5.08. The largest absolute Gasteiger partial charge is 0.494 e. The summed E-state index contributed by atoms with van der Waals surface area (Å²) in [6.45, 7) is 5.80. The smallest absolute Gasteiger partial charge is 0.264 e. The van der Waals surface area contributed by atoms with E-state index in [1.165, 1.54) is 23.3 Å². The van der Waals surface area contributed by atoms with Crippen LogP contribution in [0.4, 0.5) is 0 Å². The lowest BCUT2D eigenvalue weighted by atomic mass is 9.99. The Labute approximate surface area is 188 Å². The van der Waals surface area contributed by atoms with Crippen molar-refractivity contribution in [2.75, 3.05) is 39.3 Å². The number of benzene rings is 1. The van der Waals surface area contributed by atoms with Gasteiger partial charge in [0.25, 0.3) is 5.91 Å². The fraction of sp³-hybridized carbons (Fsp3) is 0.500. The molecular weight excluding hydrogens is 410 g/mol. The number of carbonyl (C=O) groups excluding carboxylic acids is 2. The molecule has 1 unspecified atom stereocenters. The number of thiophene rings is 1. The second kappa shape index (κ2) is 10.8. The first kappa shape index (κ1) is 21.8. The van der Waals surface area contributed by atoms with Crippen LogP contribution in [-0.4, -0.2) is 72.4 Å². The maximum absolute atomic E-state index is 12.8. The van der Waals surface area contributed by atoms with Gasteiger partial charge in [-0.15, -0.1) is 11.3 Å². The number of piperazine rings is 1. The van der Waals surface area contributed by atoms with Crippen molar-refractivity contribution in [2.24, 2.45) is 0 Å². The Morgan fingerprint density at radius 3 is 2.58 bits per heavy atom. The predicted octanol–water partition coefficient (Wildman–Crippen LogP) is 3.49. The Kier molecular flexibility index (Phi) is 7.59. The molecule has 1 aromatic heterocycles. The molecule has 0 radical (unpaired) electrons. The third-order valence-corrected chi connectivity index (χ3v) is 7.08. The first-order valence-corrected chi connectivity index (χ1v) is 12.1. The number of piperidine rings is 1. The molecule has 2 amide bonds. The number of ether oxygens (including phenoxy) is 1. The van der Waals surface area contributed by atoms with Crippen LogP contribution in [0.3, 0.4) is 0 Å². The van der Waals surface area contributed by atoms with E-state index in [1.54, 1.807) is 0 Å². The number of rotatable bonds is 8. The van der Waals surface area contributed by atoms with Gasteiger partial charge in [-0.2, -0.15) is 0 Å². The predicted molar refractivity (Wildman–Crippen MR) is 122 cm³/mol. The lowest BCUT2D eigenvalue weighted by Gasteiger charge is -2.35. The molecule has 0 aliphatic carbocycles. The molecule has 3 heterocycles. The van der Waals surface area contributed by atoms with E-state index in [-0.39, 0.29) is 11.9 Å². The molecule has 0 bridgehead atoms. The van der Waals surface area contributed by atoms with Crippen LogP contribution in [-0.2, 0) is 11.3 Å². The van der Waals surface area contributed by atoms with Crippen LogP contribution in [0.2, 0.25) is 0 Å². The molecule has 6 nitrogen and oxygen atoms in total. The van der Waals surface area contributed by atoms with Crippen molar-refractivity contribution in [3.05, 3.63) is 52.2 Å². The Hall–Kier alpha value is -2.38. The first-order valence-electron chi connectivity index (χ1n) is 11.2. The average Bonchev–Trinajstić information content (AvgIpc) is 3.36. The number of likely N-dealkylation sites (tertiary alicyclic amines) is 1. The van der Waals surface area contributed by atoms with E-state index in [1.807, 2.05) is 39.4 Å². The monoisotopic (exact) mass is 441 g/mol. The molecule has 2 aromatic rings. The number of amides is 2. The Morgan fingerprint density at radius 2 is 1.87 bits per heavy atom. The molecule has 31 heavy (non-hydrogen) atoms. The highest BCUT2D eigenvalue weighted by Gasteiger charge is 2.27. The second-order valence-corrected chi connectivity index (χ2v) is 9.27. The number of carbonyl (C=O) groups is 2. The van der Waals surface area contributed by atoms with Gasteiger partial charge in [-0.25, -0.2) is 0 Å². The van der Waals surface area contributed by atoms with Crippen molar-refractivity contribution < 1.29 is 14.3 Å². The summed E-state index contributed by atoms with van der Waals surface area (Å²) in [5.74, 6) is 1.04. The minimum atomic E-state index is 0.165. The Morgan fingerprint density at radius 1 is 1.06 bits per heavy atom. The van der Waals surface area contributed by atoms with Gasteiger partial charge in [-0.3, -0.25) is 14.5 Å². The molecule has 1 atom stereocenters. The number of hydrogen-bond acceptors (Lipinski definition) is 5. The minimum absolute atomic E-state index is 0.165. The van der Waals surface area contributed by atoms with Gasteiger partial charge in [0.15, 0.2) is 0 Å². The van der Waals surface area contributed by atoms with Gasteiger partial charge < -0.3 is 14.5 Å². The van der Waals surface area contributed by atoms with Crippen LogP contribution in [0.1, 0.15) is 40.9 Å². The van der Waals surface area contributed by atoms with Crippen molar-refractivity contribution in [1.82, 2.24) is 14.7 Å². The number of hydrogen-bond donors (Lipinski definition) is 0. The van der Waals surface area contributed by atoms with Crippen LogP contribution in [0.5, 0.6) is 5.75 Å². The molecule has 166 valence electrons. The zero-order chi connectivity index (χ0) is 21.5. The first-order chi connectivity index (χ1) is 15.2. The fourth-order valence-electron chi connectivity index (χ4n) is 4.40. The highest BCUT2D eigenvalue weighted by molar-refractivity contribution is 7.12. The van der Waals surface area contributed by atoms with Crippen LogP contribution in [0.25, 0.3) is 0 Å². The molecule has 4 rings (SSSR count). The summed E-state index contributed by atoms with van der Waals surface area (Å²) in [6, 6.07) is 12.4.